The molecule has 0 N–H and O–H groups in total. The predicted molar refractivity (Wildman–Crippen MR) is 83.5 cm³/mol. The largest absolute Gasteiger partial charge is 0.298 e. The highest BCUT2D eigenvalue weighted by Crippen LogP contribution is 2.17. The van der Waals surface area contributed by atoms with E-state index in [9.17, 15) is 4.79 Å². The number of hydrogen-bond acceptors (Lipinski definition) is 3. The maximum absolute atomic E-state index is 12.5. The SMILES string of the molecule is CCN1CCN(C(C)C(=O)c2cccc(Cl)c2)CC1C. The highest BCUT2D eigenvalue weighted by atomic mass is 35.5. The third-order valence-electron chi connectivity index (χ3n) is 4.24. The Morgan fingerprint density at radius 2 is 2.20 bits per heavy atom. The Labute approximate surface area is 126 Å². The van der Waals surface area contributed by atoms with Gasteiger partial charge in [-0.3, -0.25) is 14.6 Å². The lowest BCUT2D eigenvalue weighted by atomic mass is 10.0. The summed E-state index contributed by atoms with van der Waals surface area (Å²) in [7, 11) is 0. The molecule has 0 amide bonds. The molecule has 0 spiro atoms. The van der Waals surface area contributed by atoms with Crippen LogP contribution in [0.25, 0.3) is 0 Å². The molecule has 1 aromatic rings. The molecule has 0 saturated carbocycles. The van der Waals surface area contributed by atoms with Gasteiger partial charge in [0, 0.05) is 36.3 Å². The lowest BCUT2D eigenvalue weighted by molar-refractivity contribution is 0.0533. The summed E-state index contributed by atoms with van der Waals surface area (Å²) in [6.07, 6.45) is 0. The number of halogens is 1. The van der Waals surface area contributed by atoms with Crippen molar-refractivity contribution in [3.05, 3.63) is 34.9 Å². The van der Waals surface area contributed by atoms with Gasteiger partial charge in [0.05, 0.1) is 6.04 Å². The van der Waals surface area contributed by atoms with Crippen LogP contribution in [-0.4, -0.2) is 53.8 Å². The van der Waals surface area contributed by atoms with Gasteiger partial charge >= 0.3 is 0 Å². The molecule has 1 aliphatic heterocycles. The molecule has 1 saturated heterocycles. The monoisotopic (exact) mass is 294 g/mol. The first-order valence-corrected chi connectivity index (χ1v) is 7.68. The van der Waals surface area contributed by atoms with Gasteiger partial charge in [0.25, 0.3) is 0 Å². The number of nitrogens with zero attached hydrogens (tertiary/aromatic N) is 2. The fourth-order valence-electron chi connectivity index (χ4n) is 2.89. The van der Waals surface area contributed by atoms with Crippen LogP contribution in [0, 0.1) is 0 Å². The zero-order valence-electron chi connectivity index (χ0n) is 12.5. The van der Waals surface area contributed by atoms with Crippen LogP contribution >= 0.6 is 11.6 Å². The molecule has 0 aliphatic carbocycles. The van der Waals surface area contributed by atoms with Gasteiger partial charge in [0.15, 0.2) is 5.78 Å². The number of carbonyl (C=O) groups excluding carboxylic acids is 1. The van der Waals surface area contributed by atoms with E-state index in [0.29, 0.717) is 16.6 Å². The van der Waals surface area contributed by atoms with Crippen LogP contribution in [-0.2, 0) is 0 Å². The summed E-state index contributed by atoms with van der Waals surface area (Å²) in [4.78, 5) is 17.3. The van der Waals surface area contributed by atoms with Crippen molar-refractivity contribution >= 4 is 17.4 Å². The first-order chi connectivity index (χ1) is 9.52. The molecule has 0 aromatic heterocycles. The first-order valence-electron chi connectivity index (χ1n) is 7.30. The minimum absolute atomic E-state index is 0.0880. The topological polar surface area (TPSA) is 23.6 Å². The van der Waals surface area contributed by atoms with Gasteiger partial charge < -0.3 is 0 Å². The van der Waals surface area contributed by atoms with Gasteiger partial charge in [0.1, 0.15) is 0 Å². The summed E-state index contributed by atoms with van der Waals surface area (Å²) in [5.74, 6) is 0.157. The zero-order chi connectivity index (χ0) is 14.7. The second kappa shape index (κ2) is 6.70. The van der Waals surface area contributed by atoms with Crippen molar-refractivity contribution in [2.24, 2.45) is 0 Å². The van der Waals surface area contributed by atoms with E-state index in [-0.39, 0.29) is 11.8 Å². The standard InChI is InChI=1S/C16H23ClN2O/c1-4-18-8-9-19(11-12(18)2)13(3)16(20)14-6-5-7-15(17)10-14/h5-7,10,12-13H,4,8-9,11H2,1-3H3. The summed E-state index contributed by atoms with van der Waals surface area (Å²) < 4.78 is 0. The highest BCUT2D eigenvalue weighted by Gasteiger charge is 2.29. The number of hydrogen-bond donors (Lipinski definition) is 0. The van der Waals surface area contributed by atoms with E-state index in [2.05, 4.69) is 23.6 Å². The summed E-state index contributed by atoms with van der Waals surface area (Å²) in [5, 5.41) is 0.618. The molecule has 2 unspecified atom stereocenters. The summed E-state index contributed by atoms with van der Waals surface area (Å²) >= 11 is 5.97. The summed E-state index contributed by atoms with van der Waals surface area (Å²) in [6.45, 7) is 10.4. The Balaban J connectivity index is 2.04. The van der Waals surface area contributed by atoms with Crippen molar-refractivity contribution in [2.45, 2.75) is 32.9 Å². The molecule has 110 valence electrons. The van der Waals surface area contributed by atoms with Gasteiger partial charge in [-0.1, -0.05) is 30.7 Å². The third kappa shape index (κ3) is 3.40. The maximum Gasteiger partial charge on any atom is 0.179 e. The number of benzene rings is 1. The van der Waals surface area contributed by atoms with E-state index in [1.54, 1.807) is 12.1 Å². The van der Waals surface area contributed by atoms with E-state index in [1.807, 2.05) is 19.1 Å². The fourth-order valence-corrected chi connectivity index (χ4v) is 3.08. The average molecular weight is 295 g/mol. The summed E-state index contributed by atoms with van der Waals surface area (Å²) in [6, 6.07) is 7.64. The second-order valence-electron chi connectivity index (χ2n) is 5.52. The van der Waals surface area contributed by atoms with Crippen molar-refractivity contribution in [1.82, 2.24) is 9.80 Å². The molecule has 2 atom stereocenters. The van der Waals surface area contributed by atoms with E-state index >= 15 is 0 Å². The Kier molecular flexibility index (Phi) is 5.19. The number of piperazine rings is 1. The van der Waals surface area contributed by atoms with Crippen LogP contribution in [0.3, 0.4) is 0 Å². The Morgan fingerprint density at radius 1 is 1.45 bits per heavy atom. The van der Waals surface area contributed by atoms with Crippen LogP contribution in [0.4, 0.5) is 0 Å². The normalized spacial score (nSPS) is 22.7. The smallest absolute Gasteiger partial charge is 0.179 e. The quantitative estimate of drug-likeness (QED) is 0.798. The van der Waals surface area contributed by atoms with Gasteiger partial charge in [-0.25, -0.2) is 0 Å². The van der Waals surface area contributed by atoms with Crippen molar-refractivity contribution < 1.29 is 4.79 Å². The van der Waals surface area contributed by atoms with Crippen molar-refractivity contribution in [3.63, 3.8) is 0 Å². The van der Waals surface area contributed by atoms with Crippen molar-refractivity contribution in [3.8, 4) is 0 Å². The molecule has 1 aromatic carbocycles. The number of carbonyl (C=O) groups is 1. The van der Waals surface area contributed by atoms with Gasteiger partial charge in [-0.2, -0.15) is 0 Å². The minimum atomic E-state index is -0.0880. The third-order valence-corrected chi connectivity index (χ3v) is 4.47. The molecule has 2 rings (SSSR count). The minimum Gasteiger partial charge on any atom is -0.298 e. The molecule has 4 heteroatoms. The maximum atomic E-state index is 12.5. The molecule has 1 heterocycles. The van der Waals surface area contributed by atoms with Crippen molar-refractivity contribution in [1.29, 1.82) is 0 Å². The fraction of sp³-hybridized carbons (Fsp3) is 0.562. The molecule has 1 fully saturated rings. The number of Topliss-reactive ketones (excluding diaryl/α,β-unsaturated/α-hetero) is 1. The molecular weight excluding hydrogens is 272 g/mol. The molecule has 1 aliphatic rings. The van der Waals surface area contributed by atoms with Crippen LogP contribution in [0.15, 0.2) is 24.3 Å². The Hall–Kier alpha value is -0.900. The molecule has 0 bridgehead atoms. The van der Waals surface area contributed by atoms with E-state index in [4.69, 9.17) is 11.6 Å². The molecule has 3 nitrogen and oxygen atoms in total. The van der Waals surface area contributed by atoms with Gasteiger partial charge in [-0.15, -0.1) is 0 Å². The van der Waals surface area contributed by atoms with Crippen molar-refractivity contribution in [2.75, 3.05) is 26.2 Å². The Bertz CT molecular complexity index is 477. The van der Waals surface area contributed by atoms with Gasteiger partial charge in [0.2, 0.25) is 0 Å². The van der Waals surface area contributed by atoms with E-state index < -0.39 is 0 Å². The Morgan fingerprint density at radius 3 is 2.80 bits per heavy atom. The van der Waals surface area contributed by atoms with Crippen LogP contribution in [0.1, 0.15) is 31.1 Å². The zero-order valence-corrected chi connectivity index (χ0v) is 13.2. The molecular formula is C16H23ClN2O. The number of rotatable bonds is 4. The highest BCUT2D eigenvalue weighted by molar-refractivity contribution is 6.31. The predicted octanol–water partition coefficient (Wildman–Crippen LogP) is 2.94. The van der Waals surface area contributed by atoms with Crippen LogP contribution < -0.4 is 0 Å². The lowest BCUT2D eigenvalue weighted by Crippen LogP contribution is -2.55. The second-order valence-corrected chi connectivity index (χ2v) is 5.96. The molecule has 0 radical (unpaired) electrons. The first kappa shape index (κ1) is 15.5. The van der Waals surface area contributed by atoms with Gasteiger partial charge in [-0.05, 0) is 32.5 Å². The summed E-state index contributed by atoms with van der Waals surface area (Å²) in [5.41, 5.74) is 0.704. The van der Waals surface area contributed by atoms with E-state index in [1.165, 1.54) is 0 Å². The van der Waals surface area contributed by atoms with Crippen LogP contribution in [0.5, 0.6) is 0 Å². The number of ketones is 1. The van der Waals surface area contributed by atoms with Crippen LogP contribution in [0.2, 0.25) is 5.02 Å². The average Bonchev–Trinajstić information content (AvgIpc) is 2.45. The molecule has 20 heavy (non-hydrogen) atoms. The lowest BCUT2D eigenvalue weighted by Gasteiger charge is -2.41. The van der Waals surface area contributed by atoms with E-state index in [0.717, 1.165) is 26.2 Å². The number of likely N-dealkylation sites (N-methyl/N-ethyl adjacent to an activating group) is 1.